The minimum Gasteiger partial charge on any atom is -0.462 e. The highest BCUT2D eigenvalue weighted by Gasteiger charge is 2.13. The van der Waals surface area contributed by atoms with Crippen LogP contribution in [0.25, 0.3) is 0 Å². The molecule has 0 spiro atoms. The summed E-state index contributed by atoms with van der Waals surface area (Å²) >= 11 is 0. The van der Waals surface area contributed by atoms with Crippen molar-refractivity contribution in [2.24, 2.45) is 0 Å². The number of carbonyl (C=O) groups excluding carboxylic acids is 1. The third kappa shape index (κ3) is 3.72. The maximum atomic E-state index is 11.8. The maximum Gasteiger partial charge on any atom is 0.340 e. The number of aromatic nitrogens is 1. The zero-order valence-corrected chi connectivity index (χ0v) is 12.2. The molecule has 5 heteroatoms. The summed E-state index contributed by atoms with van der Waals surface area (Å²) in [5, 5.41) is 3.30. The molecule has 0 bridgehead atoms. The van der Waals surface area contributed by atoms with Gasteiger partial charge in [-0.25, -0.2) is 4.79 Å². The van der Waals surface area contributed by atoms with E-state index in [2.05, 4.69) is 10.3 Å². The number of esters is 1. The summed E-state index contributed by atoms with van der Waals surface area (Å²) in [4.78, 5) is 16.1. The lowest BCUT2D eigenvalue weighted by Gasteiger charge is -2.16. The van der Waals surface area contributed by atoms with Gasteiger partial charge in [0.1, 0.15) is 0 Å². The van der Waals surface area contributed by atoms with Gasteiger partial charge in [-0.15, -0.1) is 0 Å². The number of pyridine rings is 1. The summed E-state index contributed by atoms with van der Waals surface area (Å²) < 4.78 is 4.99. The first kappa shape index (κ1) is 14.8. The number of nitrogens with one attached hydrogen (secondary N) is 1. The second kappa shape index (κ2) is 6.74. The van der Waals surface area contributed by atoms with E-state index in [-0.39, 0.29) is 6.04 Å². The molecule has 0 aliphatic carbocycles. The molecule has 1 aromatic heterocycles. The Bertz CT molecular complexity index is 614. The second-order valence-electron chi connectivity index (χ2n) is 4.64. The normalized spacial score (nSPS) is 11.7. The number of ether oxygens (including phenoxy) is 1. The van der Waals surface area contributed by atoms with Crippen molar-refractivity contribution >= 4 is 17.3 Å². The van der Waals surface area contributed by atoms with Crippen LogP contribution in [0.2, 0.25) is 0 Å². The molecule has 0 amide bonds. The largest absolute Gasteiger partial charge is 0.462 e. The van der Waals surface area contributed by atoms with Crippen LogP contribution in [-0.4, -0.2) is 17.6 Å². The molecule has 0 saturated heterocycles. The van der Waals surface area contributed by atoms with Crippen LogP contribution in [0.3, 0.4) is 0 Å². The topological polar surface area (TPSA) is 77.2 Å². The molecular formula is C16H19N3O2. The van der Waals surface area contributed by atoms with E-state index in [1.807, 2.05) is 31.2 Å². The molecule has 110 valence electrons. The van der Waals surface area contributed by atoms with Gasteiger partial charge in [0, 0.05) is 17.6 Å². The fraction of sp³-hybridized carbons (Fsp3) is 0.250. The minimum absolute atomic E-state index is 0.0184. The summed E-state index contributed by atoms with van der Waals surface area (Å²) in [6.07, 6.45) is 1.75. The van der Waals surface area contributed by atoms with Crippen molar-refractivity contribution in [3.8, 4) is 0 Å². The zero-order chi connectivity index (χ0) is 15.2. The van der Waals surface area contributed by atoms with Crippen LogP contribution in [0.4, 0.5) is 11.4 Å². The summed E-state index contributed by atoms with van der Waals surface area (Å²) in [7, 11) is 0. The molecule has 1 heterocycles. The quantitative estimate of drug-likeness (QED) is 0.652. The Morgan fingerprint density at radius 3 is 2.86 bits per heavy atom. The van der Waals surface area contributed by atoms with Gasteiger partial charge in [0.05, 0.1) is 23.9 Å². The minimum atomic E-state index is -0.413. The number of hydrogen-bond donors (Lipinski definition) is 2. The molecule has 0 saturated carbocycles. The van der Waals surface area contributed by atoms with E-state index in [1.54, 1.807) is 25.3 Å². The van der Waals surface area contributed by atoms with E-state index in [0.717, 1.165) is 11.4 Å². The van der Waals surface area contributed by atoms with Gasteiger partial charge in [-0.2, -0.15) is 0 Å². The first-order valence-corrected chi connectivity index (χ1v) is 6.86. The third-order valence-electron chi connectivity index (χ3n) is 3.06. The first-order chi connectivity index (χ1) is 10.1. The number of nitrogen functional groups attached to an aromatic ring is 1. The van der Waals surface area contributed by atoms with Gasteiger partial charge in [0.25, 0.3) is 0 Å². The van der Waals surface area contributed by atoms with E-state index in [0.29, 0.717) is 17.9 Å². The summed E-state index contributed by atoms with van der Waals surface area (Å²) in [5.41, 5.74) is 8.32. The molecule has 0 fully saturated rings. The van der Waals surface area contributed by atoms with E-state index in [1.165, 1.54) is 0 Å². The standard InChI is InChI=1S/C16H19N3O2/c1-3-21-16(20)13-10-12(7-8-14(13)17)19-11(2)15-6-4-5-9-18-15/h4-11,19H,3,17H2,1-2H3. The fourth-order valence-corrected chi connectivity index (χ4v) is 1.99. The van der Waals surface area contributed by atoms with Crippen molar-refractivity contribution in [1.29, 1.82) is 0 Å². The molecule has 21 heavy (non-hydrogen) atoms. The number of rotatable bonds is 5. The molecule has 2 aromatic rings. The van der Waals surface area contributed by atoms with Gasteiger partial charge in [-0.1, -0.05) is 6.07 Å². The van der Waals surface area contributed by atoms with Crippen LogP contribution in [0, 0.1) is 0 Å². The van der Waals surface area contributed by atoms with E-state index < -0.39 is 5.97 Å². The Hall–Kier alpha value is -2.56. The molecule has 1 aromatic carbocycles. The average Bonchev–Trinajstić information content (AvgIpc) is 2.50. The van der Waals surface area contributed by atoms with Crippen LogP contribution in [0.5, 0.6) is 0 Å². The number of nitrogens with zero attached hydrogens (tertiary/aromatic N) is 1. The monoisotopic (exact) mass is 285 g/mol. The van der Waals surface area contributed by atoms with Crippen molar-refractivity contribution in [3.63, 3.8) is 0 Å². The second-order valence-corrected chi connectivity index (χ2v) is 4.64. The Labute approximate surface area is 124 Å². The molecule has 0 radical (unpaired) electrons. The van der Waals surface area contributed by atoms with Crippen LogP contribution < -0.4 is 11.1 Å². The first-order valence-electron chi connectivity index (χ1n) is 6.86. The number of benzene rings is 1. The molecule has 0 aliphatic rings. The average molecular weight is 285 g/mol. The van der Waals surface area contributed by atoms with Gasteiger partial charge in [-0.05, 0) is 44.2 Å². The molecule has 2 rings (SSSR count). The van der Waals surface area contributed by atoms with Crippen LogP contribution in [0.15, 0.2) is 42.6 Å². The van der Waals surface area contributed by atoms with Gasteiger partial charge >= 0.3 is 5.97 Å². The van der Waals surface area contributed by atoms with Crippen molar-refractivity contribution in [2.45, 2.75) is 19.9 Å². The van der Waals surface area contributed by atoms with E-state index in [4.69, 9.17) is 10.5 Å². The molecule has 5 nitrogen and oxygen atoms in total. The maximum absolute atomic E-state index is 11.8. The summed E-state index contributed by atoms with van der Waals surface area (Å²) in [6, 6.07) is 11.0. The Morgan fingerprint density at radius 1 is 1.38 bits per heavy atom. The zero-order valence-electron chi connectivity index (χ0n) is 12.2. The molecule has 0 aliphatic heterocycles. The van der Waals surface area contributed by atoms with Crippen molar-refractivity contribution in [1.82, 2.24) is 4.98 Å². The van der Waals surface area contributed by atoms with E-state index >= 15 is 0 Å². The van der Waals surface area contributed by atoms with E-state index in [9.17, 15) is 4.79 Å². The summed E-state index contributed by atoms with van der Waals surface area (Å²) in [5.74, 6) is -0.413. The van der Waals surface area contributed by atoms with Crippen LogP contribution in [0.1, 0.15) is 35.9 Å². The lowest BCUT2D eigenvalue weighted by Crippen LogP contribution is -2.11. The molecule has 1 unspecified atom stereocenters. The van der Waals surface area contributed by atoms with Gasteiger partial charge < -0.3 is 15.8 Å². The third-order valence-corrected chi connectivity index (χ3v) is 3.06. The van der Waals surface area contributed by atoms with Gasteiger partial charge in [0.2, 0.25) is 0 Å². The fourth-order valence-electron chi connectivity index (χ4n) is 1.99. The van der Waals surface area contributed by atoms with Crippen molar-refractivity contribution in [3.05, 3.63) is 53.9 Å². The predicted molar refractivity (Wildman–Crippen MR) is 83.1 cm³/mol. The number of nitrogens with two attached hydrogens (primary N) is 1. The number of carbonyl (C=O) groups is 1. The van der Waals surface area contributed by atoms with Gasteiger partial charge in [0.15, 0.2) is 0 Å². The highest BCUT2D eigenvalue weighted by atomic mass is 16.5. The highest BCUT2D eigenvalue weighted by molar-refractivity contribution is 5.96. The summed E-state index contributed by atoms with van der Waals surface area (Å²) in [6.45, 7) is 4.09. The Morgan fingerprint density at radius 2 is 2.19 bits per heavy atom. The molecular weight excluding hydrogens is 266 g/mol. The predicted octanol–water partition coefficient (Wildman–Crippen LogP) is 3.01. The van der Waals surface area contributed by atoms with Gasteiger partial charge in [-0.3, -0.25) is 4.98 Å². The number of hydrogen-bond acceptors (Lipinski definition) is 5. The van der Waals surface area contributed by atoms with Crippen LogP contribution in [-0.2, 0) is 4.74 Å². The van der Waals surface area contributed by atoms with Crippen molar-refractivity contribution < 1.29 is 9.53 Å². The van der Waals surface area contributed by atoms with Crippen LogP contribution >= 0.6 is 0 Å². The highest BCUT2D eigenvalue weighted by Crippen LogP contribution is 2.22. The molecule has 3 N–H and O–H groups in total. The lowest BCUT2D eigenvalue weighted by molar-refractivity contribution is 0.0527. The Kier molecular flexibility index (Phi) is 4.77. The smallest absolute Gasteiger partial charge is 0.340 e. The van der Waals surface area contributed by atoms with Crippen molar-refractivity contribution in [2.75, 3.05) is 17.7 Å². The lowest BCUT2D eigenvalue weighted by atomic mass is 10.1. The number of anilines is 2. The molecule has 1 atom stereocenters. The SMILES string of the molecule is CCOC(=O)c1cc(NC(C)c2ccccn2)ccc1N. The Balaban J connectivity index is 2.17.